The van der Waals surface area contributed by atoms with Gasteiger partial charge < -0.3 is 9.84 Å². The van der Waals surface area contributed by atoms with Crippen LogP contribution in [0, 0.1) is 25.7 Å². The summed E-state index contributed by atoms with van der Waals surface area (Å²) >= 11 is 0. The van der Waals surface area contributed by atoms with E-state index >= 15 is 0 Å². The maximum Gasteiger partial charge on any atom is 0.122 e. The molecule has 2 heteroatoms. The second-order valence-electron chi connectivity index (χ2n) is 4.97. The predicted molar refractivity (Wildman–Crippen MR) is 85.3 cm³/mol. The minimum Gasteiger partial charge on any atom is -0.489 e. The average molecular weight is 280 g/mol. The Bertz CT molecular complexity index is 663. The molecule has 1 N–H and O–H groups in total. The zero-order valence-corrected chi connectivity index (χ0v) is 12.5. The summed E-state index contributed by atoms with van der Waals surface area (Å²) in [5.74, 6) is 6.83. The molecule has 0 bridgehead atoms. The molecule has 0 saturated heterocycles. The molecular weight excluding hydrogens is 260 g/mol. The third-order valence-electron chi connectivity index (χ3n) is 3.29. The van der Waals surface area contributed by atoms with E-state index in [-0.39, 0.29) is 6.61 Å². The molecular formula is C19H20O2. The van der Waals surface area contributed by atoms with Gasteiger partial charge in [0.05, 0.1) is 6.61 Å². The molecule has 0 saturated carbocycles. The fraction of sp³-hybridized carbons (Fsp3) is 0.263. The zero-order valence-electron chi connectivity index (χ0n) is 12.5. The number of aliphatic hydroxyl groups is 1. The van der Waals surface area contributed by atoms with E-state index in [2.05, 4.69) is 30.9 Å². The van der Waals surface area contributed by atoms with Gasteiger partial charge >= 0.3 is 0 Å². The molecule has 21 heavy (non-hydrogen) atoms. The van der Waals surface area contributed by atoms with Crippen molar-refractivity contribution in [2.24, 2.45) is 0 Å². The predicted octanol–water partition coefficient (Wildman–Crippen LogP) is 3.62. The molecule has 0 fully saturated rings. The minimum atomic E-state index is 0.101. The fourth-order valence-corrected chi connectivity index (χ4v) is 2.04. The van der Waals surface area contributed by atoms with Gasteiger partial charge in [0.2, 0.25) is 0 Å². The summed E-state index contributed by atoms with van der Waals surface area (Å²) < 4.78 is 5.90. The number of aliphatic hydroxyl groups excluding tert-OH is 1. The summed E-state index contributed by atoms with van der Waals surface area (Å²) in [6, 6.07) is 14.1. The molecule has 0 aliphatic rings. The highest BCUT2D eigenvalue weighted by Crippen LogP contribution is 2.20. The average Bonchev–Trinajstić information content (AvgIpc) is 2.48. The first kappa shape index (κ1) is 15.2. The number of hydrogen-bond acceptors (Lipinski definition) is 2. The van der Waals surface area contributed by atoms with Crippen molar-refractivity contribution < 1.29 is 9.84 Å². The van der Waals surface area contributed by atoms with Crippen LogP contribution in [0.25, 0.3) is 0 Å². The Hall–Kier alpha value is -2.24. The van der Waals surface area contributed by atoms with E-state index in [9.17, 15) is 0 Å². The Morgan fingerprint density at radius 3 is 2.57 bits per heavy atom. The van der Waals surface area contributed by atoms with Gasteiger partial charge in [-0.1, -0.05) is 36.1 Å². The first-order chi connectivity index (χ1) is 10.2. The van der Waals surface area contributed by atoms with Crippen molar-refractivity contribution in [3.05, 3.63) is 64.7 Å². The highest BCUT2D eigenvalue weighted by molar-refractivity contribution is 5.43. The SMILES string of the molecule is Cc1ccccc1COc1ccc(C#CCCO)cc1C. The molecule has 0 aliphatic heterocycles. The van der Waals surface area contributed by atoms with Crippen molar-refractivity contribution in [1.29, 1.82) is 0 Å². The van der Waals surface area contributed by atoms with Crippen LogP contribution in [0.1, 0.15) is 28.7 Å². The Labute approximate surface area is 126 Å². The van der Waals surface area contributed by atoms with Crippen LogP contribution in [0.2, 0.25) is 0 Å². The maximum absolute atomic E-state index is 8.72. The van der Waals surface area contributed by atoms with E-state index < -0.39 is 0 Å². The second-order valence-corrected chi connectivity index (χ2v) is 4.97. The molecule has 2 nitrogen and oxygen atoms in total. The number of ether oxygens (including phenoxy) is 1. The second kappa shape index (κ2) is 7.52. The van der Waals surface area contributed by atoms with Crippen LogP contribution in [0.3, 0.4) is 0 Å². The van der Waals surface area contributed by atoms with E-state index in [0.29, 0.717) is 13.0 Å². The third-order valence-corrected chi connectivity index (χ3v) is 3.29. The van der Waals surface area contributed by atoms with Crippen molar-refractivity contribution in [3.8, 4) is 17.6 Å². The van der Waals surface area contributed by atoms with Gasteiger partial charge in [-0.25, -0.2) is 0 Å². The van der Waals surface area contributed by atoms with Crippen molar-refractivity contribution in [2.75, 3.05) is 6.61 Å². The van der Waals surface area contributed by atoms with Crippen molar-refractivity contribution in [1.82, 2.24) is 0 Å². The van der Waals surface area contributed by atoms with Crippen LogP contribution in [0.4, 0.5) is 0 Å². The molecule has 0 atom stereocenters. The summed E-state index contributed by atoms with van der Waals surface area (Å²) in [5, 5.41) is 8.72. The van der Waals surface area contributed by atoms with Gasteiger partial charge in [-0.15, -0.1) is 0 Å². The Morgan fingerprint density at radius 1 is 1.05 bits per heavy atom. The monoisotopic (exact) mass is 280 g/mol. The van der Waals surface area contributed by atoms with E-state index in [4.69, 9.17) is 9.84 Å². The first-order valence-corrected chi connectivity index (χ1v) is 7.08. The van der Waals surface area contributed by atoms with Crippen LogP contribution < -0.4 is 4.74 Å². The lowest BCUT2D eigenvalue weighted by Crippen LogP contribution is -1.99. The van der Waals surface area contributed by atoms with Gasteiger partial charge in [0.1, 0.15) is 12.4 Å². The van der Waals surface area contributed by atoms with Gasteiger partial charge in [-0.2, -0.15) is 0 Å². The fourth-order valence-electron chi connectivity index (χ4n) is 2.04. The molecule has 0 aromatic heterocycles. The lowest BCUT2D eigenvalue weighted by Gasteiger charge is -2.11. The van der Waals surface area contributed by atoms with E-state index in [1.165, 1.54) is 11.1 Å². The van der Waals surface area contributed by atoms with Crippen LogP contribution in [-0.4, -0.2) is 11.7 Å². The molecule has 108 valence electrons. The molecule has 0 radical (unpaired) electrons. The molecule has 2 aromatic rings. The van der Waals surface area contributed by atoms with Gasteiger partial charge in [-0.05, 0) is 48.7 Å². The maximum atomic E-state index is 8.72. The van der Waals surface area contributed by atoms with Gasteiger partial charge in [0, 0.05) is 12.0 Å². The lowest BCUT2D eigenvalue weighted by atomic mass is 10.1. The molecule has 0 amide bonds. The first-order valence-electron chi connectivity index (χ1n) is 7.08. The summed E-state index contributed by atoms with van der Waals surface area (Å²) in [5.41, 5.74) is 4.45. The topological polar surface area (TPSA) is 29.5 Å². The smallest absolute Gasteiger partial charge is 0.122 e. The number of rotatable bonds is 4. The molecule has 2 aromatic carbocycles. The minimum absolute atomic E-state index is 0.101. The van der Waals surface area contributed by atoms with Crippen LogP contribution in [0.15, 0.2) is 42.5 Å². The normalized spacial score (nSPS) is 9.86. The van der Waals surface area contributed by atoms with Crippen LogP contribution in [0.5, 0.6) is 5.75 Å². The summed E-state index contributed by atoms with van der Waals surface area (Å²) in [6.45, 7) is 4.78. The Morgan fingerprint density at radius 2 is 1.86 bits per heavy atom. The van der Waals surface area contributed by atoms with Crippen molar-refractivity contribution >= 4 is 0 Å². The highest BCUT2D eigenvalue weighted by Gasteiger charge is 2.02. The van der Waals surface area contributed by atoms with E-state index in [1.807, 2.05) is 37.3 Å². The van der Waals surface area contributed by atoms with Gasteiger partial charge in [-0.3, -0.25) is 0 Å². The van der Waals surface area contributed by atoms with Crippen molar-refractivity contribution in [2.45, 2.75) is 26.9 Å². The van der Waals surface area contributed by atoms with Gasteiger partial charge in [0.25, 0.3) is 0 Å². The number of aryl methyl sites for hydroxylation is 2. The summed E-state index contributed by atoms with van der Waals surface area (Å²) in [4.78, 5) is 0. The van der Waals surface area contributed by atoms with Gasteiger partial charge in [0.15, 0.2) is 0 Å². The Kier molecular flexibility index (Phi) is 5.43. The zero-order chi connectivity index (χ0) is 15.1. The summed E-state index contributed by atoms with van der Waals surface area (Å²) in [6.07, 6.45) is 0.505. The number of benzene rings is 2. The Balaban J connectivity index is 2.05. The van der Waals surface area contributed by atoms with Crippen LogP contribution in [-0.2, 0) is 6.61 Å². The quantitative estimate of drug-likeness (QED) is 0.867. The molecule has 2 rings (SSSR count). The third kappa shape index (κ3) is 4.37. The largest absolute Gasteiger partial charge is 0.489 e. The standard InChI is InChI=1S/C19H20O2/c1-15-7-3-4-9-18(15)14-21-19-11-10-17(13-16(19)2)8-5-6-12-20/h3-4,7,9-11,13,20H,6,12,14H2,1-2H3. The van der Waals surface area contributed by atoms with E-state index in [0.717, 1.165) is 16.9 Å². The molecule has 0 aliphatic carbocycles. The van der Waals surface area contributed by atoms with E-state index in [1.54, 1.807) is 0 Å². The van der Waals surface area contributed by atoms with Crippen LogP contribution >= 0.6 is 0 Å². The molecule has 0 spiro atoms. The summed E-state index contributed by atoms with van der Waals surface area (Å²) in [7, 11) is 0. The molecule has 0 heterocycles. The highest BCUT2D eigenvalue weighted by atomic mass is 16.5. The number of hydrogen-bond donors (Lipinski definition) is 1. The lowest BCUT2D eigenvalue weighted by molar-refractivity contribution is 0.303. The van der Waals surface area contributed by atoms with Crippen molar-refractivity contribution in [3.63, 3.8) is 0 Å². The molecule has 0 unspecified atom stereocenters.